The molecule has 0 bridgehead atoms. The standard InChI is InChI=1S/C17H18/c1-4-9-16-15(5-2)13(3)12-17(16)14-10-7-6-8-11-14/h4,6-12H,3,5H2,1-2H3/b9-4-. The Morgan fingerprint density at radius 2 is 1.88 bits per heavy atom. The summed E-state index contributed by atoms with van der Waals surface area (Å²) in [5, 5.41) is 0. The van der Waals surface area contributed by atoms with Crippen LogP contribution in [0.4, 0.5) is 0 Å². The van der Waals surface area contributed by atoms with E-state index < -0.39 is 0 Å². The Bertz CT molecular complexity index is 510. The topological polar surface area (TPSA) is 0 Å². The highest BCUT2D eigenvalue weighted by Crippen LogP contribution is 2.38. The van der Waals surface area contributed by atoms with E-state index >= 15 is 0 Å². The lowest BCUT2D eigenvalue weighted by atomic mass is 9.97. The van der Waals surface area contributed by atoms with Crippen molar-refractivity contribution in [3.8, 4) is 0 Å². The lowest BCUT2D eigenvalue weighted by molar-refractivity contribution is 1.13. The largest absolute Gasteiger partial charge is 0.0914 e. The molecule has 0 fully saturated rings. The lowest BCUT2D eigenvalue weighted by Crippen LogP contribution is -1.87. The van der Waals surface area contributed by atoms with E-state index in [-0.39, 0.29) is 0 Å². The van der Waals surface area contributed by atoms with E-state index in [1.165, 1.54) is 22.3 Å². The third-order valence-electron chi connectivity index (χ3n) is 3.09. The molecule has 1 aromatic rings. The molecule has 0 atom stereocenters. The number of allylic oxidation sites excluding steroid dienone is 7. The molecule has 0 unspecified atom stereocenters. The van der Waals surface area contributed by atoms with Crippen molar-refractivity contribution < 1.29 is 0 Å². The highest BCUT2D eigenvalue weighted by Gasteiger charge is 2.18. The van der Waals surface area contributed by atoms with Crippen molar-refractivity contribution in [3.63, 3.8) is 0 Å². The molecule has 0 radical (unpaired) electrons. The second kappa shape index (κ2) is 5.01. The molecular formula is C17H18. The molecular weight excluding hydrogens is 204 g/mol. The lowest BCUT2D eigenvalue weighted by Gasteiger charge is -2.07. The fraction of sp³-hybridized carbons (Fsp3) is 0.176. The zero-order valence-corrected chi connectivity index (χ0v) is 10.5. The first-order valence-corrected chi connectivity index (χ1v) is 6.10. The second-order valence-electron chi connectivity index (χ2n) is 4.20. The van der Waals surface area contributed by atoms with Gasteiger partial charge in [0.05, 0.1) is 0 Å². The van der Waals surface area contributed by atoms with E-state index in [4.69, 9.17) is 0 Å². The minimum absolute atomic E-state index is 1.03. The van der Waals surface area contributed by atoms with Gasteiger partial charge in [-0.25, -0.2) is 0 Å². The van der Waals surface area contributed by atoms with Crippen LogP contribution in [0.5, 0.6) is 0 Å². The van der Waals surface area contributed by atoms with Crippen LogP contribution >= 0.6 is 0 Å². The Kier molecular flexibility index (Phi) is 3.43. The molecule has 0 saturated heterocycles. The summed E-state index contributed by atoms with van der Waals surface area (Å²) in [6, 6.07) is 10.5. The molecule has 17 heavy (non-hydrogen) atoms. The van der Waals surface area contributed by atoms with Crippen molar-refractivity contribution in [1.82, 2.24) is 0 Å². The van der Waals surface area contributed by atoms with Gasteiger partial charge < -0.3 is 0 Å². The molecule has 2 rings (SSSR count). The number of hydrogen-bond acceptors (Lipinski definition) is 0. The maximum Gasteiger partial charge on any atom is -0.0103 e. The number of rotatable bonds is 3. The van der Waals surface area contributed by atoms with Crippen LogP contribution < -0.4 is 0 Å². The van der Waals surface area contributed by atoms with Crippen molar-refractivity contribution in [2.75, 3.05) is 0 Å². The third kappa shape index (κ3) is 2.16. The van der Waals surface area contributed by atoms with Gasteiger partial charge in [-0.15, -0.1) is 0 Å². The third-order valence-corrected chi connectivity index (χ3v) is 3.09. The molecule has 1 aliphatic carbocycles. The molecule has 0 heterocycles. The van der Waals surface area contributed by atoms with Gasteiger partial charge in [0.15, 0.2) is 0 Å². The maximum atomic E-state index is 4.15. The summed E-state index contributed by atoms with van der Waals surface area (Å²) in [4.78, 5) is 0. The van der Waals surface area contributed by atoms with Gasteiger partial charge in [0.2, 0.25) is 0 Å². The Labute approximate surface area is 104 Å². The average molecular weight is 222 g/mol. The molecule has 0 saturated carbocycles. The van der Waals surface area contributed by atoms with Crippen molar-refractivity contribution >= 4 is 5.57 Å². The van der Waals surface area contributed by atoms with Gasteiger partial charge in [0.1, 0.15) is 0 Å². The van der Waals surface area contributed by atoms with Crippen LogP contribution in [0.15, 0.2) is 71.9 Å². The van der Waals surface area contributed by atoms with Crippen molar-refractivity contribution in [2.24, 2.45) is 0 Å². The molecule has 0 N–H and O–H groups in total. The van der Waals surface area contributed by atoms with E-state index in [9.17, 15) is 0 Å². The fourth-order valence-corrected chi connectivity index (χ4v) is 2.31. The molecule has 1 aliphatic rings. The van der Waals surface area contributed by atoms with Gasteiger partial charge in [0, 0.05) is 0 Å². The SMILES string of the molecule is C=C1C=C(c2ccccc2)C(/C=C\C)=C1CC. The first-order valence-electron chi connectivity index (χ1n) is 6.10. The number of benzene rings is 1. The van der Waals surface area contributed by atoms with Crippen LogP contribution in [0.3, 0.4) is 0 Å². The summed E-state index contributed by atoms with van der Waals surface area (Å²) < 4.78 is 0. The predicted molar refractivity (Wildman–Crippen MR) is 75.7 cm³/mol. The zero-order chi connectivity index (χ0) is 12.3. The van der Waals surface area contributed by atoms with Gasteiger partial charge in [-0.05, 0) is 47.3 Å². The van der Waals surface area contributed by atoms with Crippen LogP contribution in [-0.2, 0) is 0 Å². The van der Waals surface area contributed by atoms with Crippen LogP contribution in [0, 0.1) is 0 Å². The quantitative estimate of drug-likeness (QED) is 0.680. The van der Waals surface area contributed by atoms with Gasteiger partial charge in [-0.2, -0.15) is 0 Å². The van der Waals surface area contributed by atoms with Crippen LogP contribution in [0.2, 0.25) is 0 Å². The van der Waals surface area contributed by atoms with E-state index in [1.54, 1.807) is 0 Å². The first-order chi connectivity index (χ1) is 8.27. The summed E-state index contributed by atoms with van der Waals surface area (Å²) in [6.45, 7) is 8.39. The van der Waals surface area contributed by atoms with Gasteiger partial charge >= 0.3 is 0 Å². The fourth-order valence-electron chi connectivity index (χ4n) is 2.31. The minimum Gasteiger partial charge on any atom is -0.0914 e. The zero-order valence-electron chi connectivity index (χ0n) is 10.5. The maximum absolute atomic E-state index is 4.15. The smallest absolute Gasteiger partial charge is 0.0103 e. The van der Waals surface area contributed by atoms with Gasteiger partial charge in [-0.1, -0.05) is 56.0 Å². The van der Waals surface area contributed by atoms with E-state index in [0.29, 0.717) is 0 Å². The molecule has 0 amide bonds. The molecule has 0 aromatic heterocycles. The predicted octanol–water partition coefficient (Wildman–Crippen LogP) is 4.92. The summed E-state index contributed by atoms with van der Waals surface area (Å²) in [5.74, 6) is 0. The Balaban J connectivity index is 2.52. The minimum atomic E-state index is 1.03. The van der Waals surface area contributed by atoms with Crippen LogP contribution in [-0.4, -0.2) is 0 Å². The summed E-state index contributed by atoms with van der Waals surface area (Å²) in [7, 11) is 0. The Morgan fingerprint density at radius 1 is 1.18 bits per heavy atom. The summed E-state index contributed by atoms with van der Waals surface area (Å²) >= 11 is 0. The highest BCUT2D eigenvalue weighted by atomic mass is 14.2. The average Bonchev–Trinajstić information content (AvgIpc) is 2.67. The van der Waals surface area contributed by atoms with Crippen LogP contribution in [0.1, 0.15) is 25.8 Å². The summed E-state index contributed by atoms with van der Waals surface area (Å²) in [6.07, 6.45) is 7.52. The van der Waals surface area contributed by atoms with Crippen LogP contribution in [0.25, 0.3) is 5.57 Å². The molecule has 0 heteroatoms. The van der Waals surface area contributed by atoms with Crippen molar-refractivity contribution in [2.45, 2.75) is 20.3 Å². The Morgan fingerprint density at radius 3 is 2.47 bits per heavy atom. The first kappa shape index (κ1) is 11.7. The van der Waals surface area contributed by atoms with E-state index in [2.05, 4.69) is 62.9 Å². The highest BCUT2D eigenvalue weighted by molar-refractivity contribution is 5.90. The van der Waals surface area contributed by atoms with Gasteiger partial charge in [0.25, 0.3) is 0 Å². The number of hydrogen-bond donors (Lipinski definition) is 0. The second-order valence-corrected chi connectivity index (χ2v) is 4.20. The molecule has 1 aromatic carbocycles. The molecule has 0 nitrogen and oxygen atoms in total. The normalized spacial score (nSPS) is 15.9. The van der Waals surface area contributed by atoms with E-state index in [1.807, 2.05) is 6.07 Å². The molecule has 0 spiro atoms. The van der Waals surface area contributed by atoms with Gasteiger partial charge in [-0.3, -0.25) is 0 Å². The van der Waals surface area contributed by atoms with E-state index in [0.717, 1.165) is 12.0 Å². The molecule has 86 valence electrons. The monoisotopic (exact) mass is 222 g/mol. The summed E-state index contributed by atoms with van der Waals surface area (Å²) in [5.41, 5.74) is 6.41. The molecule has 0 aliphatic heterocycles. The van der Waals surface area contributed by atoms with Crippen molar-refractivity contribution in [3.05, 3.63) is 77.4 Å². The Hall–Kier alpha value is -1.82. The van der Waals surface area contributed by atoms with Crippen molar-refractivity contribution in [1.29, 1.82) is 0 Å².